The van der Waals surface area contributed by atoms with Gasteiger partial charge < -0.3 is 11.1 Å². The average molecular weight is 464 g/mol. The molecule has 5 nitrogen and oxygen atoms in total. The summed E-state index contributed by atoms with van der Waals surface area (Å²) in [6.07, 6.45) is -2.13. The van der Waals surface area contributed by atoms with Gasteiger partial charge in [0.2, 0.25) is 0 Å². The number of carbonyl (C=O) groups is 1. The lowest BCUT2D eigenvalue weighted by Crippen LogP contribution is -2.19. The van der Waals surface area contributed by atoms with Crippen LogP contribution in [-0.4, -0.2) is 22.4 Å². The van der Waals surface area contributed by atoms with E-state index in [0.29, 0.717) is 18.1 Å². The summed E-state index contributed by atoms with van der Waals surface area (Å²) in [6, 6.07) is 13.8. The molecule has 168 valence electrons. The normalized spacial score (nSPS) is 12.4. The van der Waals surface area contributed by atoms with Gasteiger partial charge in [0.05, 0.1) is 0 Å². The van der Waals surface area contributed by atoms with Crippen molar-refractivity contribution in [2.24, 2.45) is 5.73 Å². The van der Waals surface area contributed by atoms with Gasteiger partial charge in [-0.3, -0.25) is 9.89 Å². The lowest BCUT2D eigenvalue weighted by Gasteiger charge is -2.13. The van der Waals surface area contributed by atoms with Crippen LogP contribution < -0.4 is 11.1 Å². The predicted octanol–water partition coefficient (Wildman–Crippen LogP) is 5.23. The van der Waals surface area contributed by atoms with Gasteiger partial charge in [-0.05, 0) is 54.5 Å². The molecule has 2 aromatic carbocycles. The molecule has 0 saturated heterocycles. The van der Waals surface area contributed by atoms with Crippen molar-refractivity contribution in [2.75, 3.05) is 11.6 Å². The third kappa shape index (κ3) is 5.91. The summed E-state index contributed by atoms with van der Waals surface area (Å²) in [6.45, 7) is 0. The van der Waals surface area contributed by atoms with Gasteiger partial charge in [-0.1, -0.05) is 24.3 Å². The summed E-state index contributed by atoms with van der Waals surface area (Å²) in [5.41, 5.74) is 6.98. The van der Waals surface area contributed by atoms with Gasteiger partial charge in [-0.15, -0.1) is 11.8 Å². The number of rotatable bonds is 7. The average Bonchev–Trinajstić information content (AvgIpc) is 3.24. The number of aryl methyl sites for hydroxylation is 1. The number of alkyl halides is 3. The second-order valence-electron chi connectivity index (χ2n) is 6.87. The molecular weight excluding hydrogens is 444 g/mol. The standard InChI is InChI=1S/C22H20F4N4OS/c1-32-16-9-5-14(6-10-16)20(27)17(11-4-13-2-7-15(23)8-3-13)21(31)28-19-12-18(29-30-19)22(24,25)26/h2-3,5-10,12H,4,11,27H2,1H3,(H2,28,29,30,31)/b20-17-. The van der Waals surface area contributed by atoms with Crippen molar-refractivity contribution in [2.45, 2.75) is 23.9 Å². The number of nitrogens with one attached hydrogen (secondary N) is 2. The number of hydrogen-bond donors (Lipinski definition) is 3. The molecule has 0 bridgehead atoms. The van der Waals surface area contributed by atoms with Crippen LogP contribution >= 0.6 is 11.8 Å². The molecule has 0 aliphatic carbocycles. The molecule has 0 aliphatic heterocycles. The van der Waals surface area contributed by atoms with Gasteiger partial charge in [0.15, 0.2) is 5.82 Å². The van der Waals surface area contributed by atoms with Crippen molar-refractivity contribution in [3.8, 4) is 0 Å². The number of nitrogens with zero attached hydrogens (tertiary/aromatic N) is 1. The minimum Gasteiger partial charge on any atom is -0.398 e. The monoisotopic (exact) mass is 464 g/mol. The van der Waals surface area contributed by atoms with Gasteiger partial charge in [0, 0.05) is 22.2 Å². The summed E-state index contributed by atoms with van der Waals surface area (Å²) in [5.74, 6) is -1.32. The number of thioether (sulfide) groups is 1. The van der Waals surface area contributed by atoms with E-state index in [1.165, 1.54) is 12.1 Å². The number of H-pyrrole nitrogens is 1. The Hall–Kier alpha value is -3.27. The zero-order chi connectivity index (χ0) is 23.3. The lowest BCUT2D eigenvalue weighted by molar-refractivity contribution is -0.141. The summed E-state index contributed by atoms with van der Waals surface area (Å²) in [4.78, 5) is 13.9. The van der Waals surface area contributed by atoms with Gasteiger partial charge in [-0.25, -0.2) is 4.39 Å². The maximum atomic E-state index is 13.2. The van der Waals surface area contributed by atoms with E-state index in [4.69, 9.17) is 5.73 Å². The highest BCUT2D eigenvalue weighted by Gasteiger charge is 2.33. The third-order valence-corrected chi connectivity index (χ3v) is 5.45. The zero-order valence-electron chi connectivity index (χ0n) is 17.0. The fraction of sp³-hybridized carbons (Fsp3) is 0.182. The first-order valence-electron chi connectivity index (χ1n) is 9.49. The van der Waals surface area contributed by atoms with Gasteiger partial charge >= 0.3 is 6.18 Å². The summed E-state index contributed by atoms with van der Waals surface area (Å²) < 4.78 is 51.6. The molecule has 0 spiro atoms. The van der Waals surface area contributed by atoms with E-state index in [0.717, 1.165) is 10.5 Å². The van der Waals surface area contributed by atoms with E-state index >= 15 is 0 Å². The fourth-order valence-electron chi connectivity index (χ4n) is 2.96. The molecule has 0 unspecified atom stereocenters. The number of nitrogens with two attached hydrogens (primary N) is 1. The topological polar surface area (TPSA) is 83.8 Å². The summed E-state index contributed by atoms with van der Waals surface area (Å²) in [7, 11) is 0. The Bertz CT molecular complexity index is 1110. The third-order valence-electron chi connectivity index (χ3n) is 4.70. The molecule has 3 rings (SSSR count). The van der Waals surface area contributed by atoms with Crippen molar-refractivity contribution in [3.63, 3.8) is 0 Å². The Labute approximate surface area is 186 Å². The van der Waals surface area contributed by atoms with Crippen molar-refractivity contribution < 1.29 is 22.4 Å². The second-order valence-corrected chi connectivity index (χ2v) is 7.75. The van der Waals surface area contributed by atoms with E-state index in [2.05, 4.69) is 10.4 Å². The summed E-state index contributed by atoms with van der Waals surface area (Å²) in [5, 5.41) is 7.72. The Balaban J connectivity index is 1.88. The molecule has 1 amide bonds. The molecule has 0 fully saturated rings. The van der Waals surface area contributed by atoms with Crippen LogP contribution in [0.1, 0.15) is 23.2 Å². The van der Waals surface area contributed by atoms with E-state index in [9.17, 15) is 22.4 Å². The molecule has 0 saturated carbocycles. The van der Waals surface area contributed by atoms with Crippen molar-refractivity contribution in [3.05, 3.63) is 82.8 Å². The SMILES string of the molecule is CSc1ccc(/C(N)=C(\CCc2ccc(F)cc2)C(=O)Nc2cc(C(F)(F)F)[nH]n2)cc1. The quantitative estimate of drug-likeness (QED) is 0.254. The smallest absolute Gasteiger partial charge is 0.398 e. The van der Waals surface area contributed by atoms with Crippen molar-refractivity contribution in [1.82, 2.24) is 10.2 Å². The maximum absolute atomic E-state index is 13.2. The number of carbonyl (C=O) groups excluding carboxylic acids is 1. The molecule has 0 aliphatic rings. The largest absolute Gasteiger partial charge is 0.432 e. The van der Waals surface area contributed by atoms with Crippen LogP contribution in [0.15, 0.2) is 65.1 Å². The zero-order valence-corrected chi connectivity index (χ0v) is 17.8. The molecule has 0 radical (unpaired) electrons. The van der Waals surface area contributed by atoms with Crippen molar-refractivity contribution in [1.29, 1.82) is 0 Å². The molecule has 1 aromatic heterocycles. The van der Waals surface area contributed by atoms with Crippen LogP contribution in [0.2, 0.25) is 0 Å². The Kier molecular flexibility index (Phi) is 7.24. The second kappa shape index (κ2) is 9.90. The van der Waals surface area contributed by atoms with Gasteiger partial charge in [0.25, 0.3) is 5.91 Å². The van der Waals surface area contributed by atoms with Crippen LogP contribution in [0, 0.1) is 5.82 Å². The van der Waals surface area contributed by atoms with E-state index in [-0.39, 0.29) is 29.3 Å². The number of hydrogen-bond acceptors (Lipinski definition) is 4. The Morgan fingerprint density at radius 3 is 2.34 bits per heavy atom. The van der Waals surface area contributed by atoms with Crippen LogP contribution in [0.3, 0.4) is 0 Å². The molecule has 3 aromatic rings. The fourth-order valence-corrected chi connectivity index (χ4v) is 3.37. The highest BCUT2D eigenvalue weighted by molar-refractivity contribution is 7.98. The Morgan fingerprint density at radius 2 is 1.78 bits per heavy atom. The number of aromatic nitrogens is 2. The summed E-state index contributed by atoms with van der Waals surface area (Å²) >= 11 is 1.55. The Morgan fingerprint density at radius 1 is 1.12 bits per heavy atom. The molecule has 1 heterocycles. The van der Waals surface area contributed by atoms with Crippen LogP contribution in [0.5, 0.6) is 0 Å². The molecule has 32 heavy (non-hydrogen) atoms. The van der Waals surface area contributed by atoms with E-state index in [1.807, 2.05) is 23.5 Å². The number of benzene rings is 2. The van der Waals surface area contributed by atoms with Gasteiger partial charge in [0.1, 0.15) is 11.5 Å². The van der Waals surface area contributed by atoms with Crippen LogP contribution in [-0.2, 0) is 17.4 Å². The highest BCUT2D eigenvalue weighted by atomic mass is 32.2. The van der Waals surface area contributed by atoms with E-state index in [1.54, 1.807) is 36.0 Å². The van der Waals surface area contributed by atoms with Gasteiger partial charge in [-0.2, -0.15) is 18.3 Å². The number of amides is 1. The maximum Gasteiger partial charge on any atom is 0.432 e. The number of halogens is 4. The van der Waals surface area contributed by atoms with E-state index < -0.39 is 17.8 Å². The minimum atomic E-state index is -4.62. The van der Waals surface area contributed by atoms with Crippen molar-refractivity contribution >= 4 is 29.2 Å². The highest BCUT2D eigenvalue weighted by Crippen LogP contribution is 2.29. The molecule has 10 heteroatoms. The minimum absolute atomic E-state index is 0.183. The molecule has 0 atom stereocenters. The van der Waals surface area contributed by atoms with Crippen LogP contribution in [0.25, 0.3) is 5.70 Å². The molecule has 4 N–H and O–H groups in total. The number of aromatic amines is 1. The van der Waals surface area contributed by atoms with Crippen LogP contribution in [0.4, 0.5) is 23.4 Å². The number of anilines is 1. The lowest BCUT2D eigenvalue weighted by atomic mass is 9.99. The first-order chi connectivity index (χ1) is 15.2. The first-order valence-corrected chi connectivity index (χ1v) is 10.7. The molecular formula is C22H20F4N4OS. The predicted molar refractivity (Wildman–Crippen MR) is 116 cm³/mol. The first kappa shape index (κ1) is 23.4.